The summed E-state index contributed by atoms with van der Waals surface area (Å²) in [4.78, 5) is 15.1. The van der Waals surface area contributed by atoms with Crippen molar-refractivity contribution < 1.29 is 9.90 Å². The Labute approximate surface area is 111 Å². The van der Waals surface area contributed by atoms with Crippen molar-refractivity contribution in [1.29, 1.82) is 0 Å². The molecule has 0 aliphatic carbocycles. The van der Waals surface area contributed by atoms with Gasteiger partial charge in [-0.3, -0.25) is 4.98 Å². The van der Waals surface area contributed by atoms with E-state index in [4.69, 9.17) is 10.8 Å². The number of nitrogen functional groups attached to an aromatic ring is 1. The van der Waals surface area contributed by atoms with Gasteiger partial charge >= 0.3 is 5.97 Å². The standard InChI is InChI=1S/C14H15N3O2/c1-9(13-4-2-3-7-16-13)17-10-5-6-11(14(18)19)12(15)8-10/h2-9,17H,15H2,1H3,(H,18,19). The normalized spacial score (nSPS) is 11.8. The summed E-state index contributed by atoms with van der Waals surface area (Å²) in [6.07, 6.45) is 1.73. The lowest BCUT2D eigenvalue weighted by atomic mass is 10.1. The topological polar surface area (TPSA) is 88.2 Å². The van der Waals surface area contributed by atoms with E-state index in [0.29, 0.717) is 0 Å². The zero-order chi connectivity index (χ0) is 13.8. The van der Waals surface area contributed by atoms with Gasteiger partial charge in [0.15, 0.2) is 0 Å². The fourth-order valence-electron chi connectivity index (χ4n) is 1.80. The maximum Gasteiger partial charge on any atom is 0.337 e. The number of carboxylic acids is 1. The van der Waals surface area contributed by atoms with Crippen molar-refractivity contribution in [3.8, 4) is 0 Å². The van der Waals surface area contributed by atoms with Crippen LogP contribution < -0.4 is 11.1 Å². The second-order valence-electron chi connectivity index (χ2n) is 4.23. The van der Waals surface area contributed by atoms with Gasteiger partial charge in [0.25, 0.3) is 0 Å². The van der Waals surface area contributed by atoms with Gasteiger partial charge in [-0.25, -0.2) is 4.79 Å². The van der Waals surface area contributed by atoms with Crippen LogP contribution in [0.2, 0.25) is 0 Å². The third kappa shape index (κ3) is 3.01. The predicted molar refractivity (Wildman–Crippen MR) is 74.1 cm³/mol. The Bertz CT molecular complexity index is 584. The van der Waals surface area contributed by atoms with Gasteiger partial charge in [-0.1, -0.05) is 6.07 Å². The van der Waals surface area contributed by atoms with Gasteiger partial charge in [0.05, 0.1) is 17.3 Å². The lowest BCUT2D eigenvalue weighted by Gasteiger charge is -2.15. The Morgan fingerprint density at radius 2 is 2.16 bits per heavy atom. The lowest BCUT2D eigenvalue weighted by molar-refractivity contribution is 0.0698. The molecule has 0 bridgehead atoms. The van der Waals surface area contributed by atoms with E-state index in [9.17, 15) is 4.79 Å². The molecule has 4 N–H and O–H groups in total. The van der Waals surface area contributed by atoms with Crippen LogP contribution in [0.5, 0.6) is 0 Å². The third-order valence-electron chi connectivity index (χ3n) is 2.80. The Morgan fingerprint density at radius 1 is 1.37 bits per heavy atom. The number of aromatic nitrogens is 1. The van der Waals surface area contributed by atoms with Crippen LogP contribution in [0.4, 0.5) is 11.4 Å². The molecule has 0 spiro atoms. The number of anilines is 2. The quantitative estimate of drug-likeness (QED) is 0.732. The highest BCUT2D eigenvalue weighted by atomic mass is 16.4. The molecule has 0 saturated carbocycles. The van der Waals surface area contributed by atoms with Crippen LogP contribution in [-0.4, -0.2) is 16.1 Å². The number of benzene rings is 1. The second-order valence-corrected chi connectivity index (χ2v) is 4.23. The number of rotatable bonds is 4. The molecule has 0 amide bonds. The minimum Gasteiger partial charge on any atom is -0.478 e. The molecule has 98 valence electrons. The van der Waals surface area contributed by atoms with E-state index in [1.165, 1.54) is 6.07 Å². The molecule has 2 aromatic rings. The highest BCUT2D eigenvalue weighted by molar-refractivity contribution is 5.94. The first kappa shape index (κ1) is 12.9. The van der Waals surface area contributed by atoms with E-state index < -0.39 is 5.97 Å². The Kier molecular flexibility index (Phi) is 3.66. The van der Waals surface area contributed by atoms with E-state index in [1.807, 2.05) is 25.1 Å². The Hall–Kier alpha value is -2.56. The molecule has 5 heteroatoms. The van der Waals surface area contributed by atoms with Gasteiger partial charge in [0.1, 0.15) is 0 Å². The van der Waals surface area contributed by atoms with Crippen molar-refractivity contribution in [3.63, 3.8) is 0 Å². The summed E-state index contributed by atoms with van der Waals surface area (Å²) in [5.74, 6) is -1.03. The fraction of sp³-hybridized carbons (Fsp3) is 0.143. The largest absolute Gasteiger partial charge is 0.478 e. The maximum atomic E-state index is 10.9. The van der Waals surface area contributed by atoms with E-state index in [0.717, 1.165) is 11.4 Å². The molecule has 0 aliphatic heterocycles. The molecule has 2 rings (SSSR count). The number of nitrogens with two attached hydrogens (primary N) is 1. The molecular formula is C14H15N3O2. The van der Waals surface area contributed by atoms with Crippen molar-refractivity contribution in [2.45, 2.75) is 13.0 Å². The molecule has 19 heavy (non-hydrogen) atoms. The number of aromatic carboxylic acids is 1. The predicted octanol–water partition coefficient (Wildman–Crippen LogP) is 2.54. The van der Waals surface area contributed by atoms with Gasteiger partial charge < -0.3 is 16.2 Å². The molecular weight excluding hydrogens is 242 g/mol. The molecule has 1 unspecified atom stereocenters. The van der Waals surface area contributed by atoms with Crippen molar-refractivity contribution in [2.75, 3.05) is 11.1 Å². The van der Waals surface area contributed by atoms with Crippen LogP contribution in [-0.2, 0) is 0 Å². The smallest absolute Gasteiger partial charge is 0.337 e. The minimum atomic E-state index is -1.03. The number of carboxylic acid groups (broad SMARTS) is 1. The summed E-state index contributed by atoms with van der Waals surface area (Å²) < 4.78 is 0. The first-order valence-corrected chi connectivity index (χ1v) is 5.88. The summed E-state index contributed by atoms with van der Waals surface area (Å²) in [6.45, 7) is 1.98. The van der Waals surface area contributed by atoms with Gasteiger partial charge in [-0.15, -0.1) is 0 Å². The number of nitrogens with zero attached hydrogens (tertiary/aromatic N) is 1. The van der Waals surface area contributed by atoms with Crippen LogP contribution >= 0.6 is 0 Å². The van der Waals surface area contributed by atoms with Crippen molar-refractivity contribution in [3.05, 3.63) is 53.9 Å². The van der Waals surface area contributed by atoms with E-state index in [1.54, 1.807) is 18.3 Å². The van der Waals surface area contributed by atoms with Crippen LogP contribution in [0.3, 0.4) is 0 Å². The van der Waals surface area contributed by atoms with Gasteiger partial charge in [0.2, 0.25) is 0 Å². The van der Waals surface area contributed by atoms with E-state index in [-0.39, 0.29) is 17.3 Å². The summed E-state index contributed by atoms with van der Waals surface area (Å²) in [5.41, 5.74) is 7.72. The van der Waals surface area contributed by atoms with Crippen LogP contribution in [0.15, 0.2) is 42.6 Å². The van der Waals surface area contributed by atoms with Gasteiger partial charge in [-0.2, -0.15) is 0 Å². The summed E-state index contributed by atoms with van der Waals surface area (Å²) in [6, 6.07) is 10.5. The molecule has 1 aromatic carbocycles. The van der Waals surface area contributed by atoms with Crippen LogP contribution in [0, 0.1) is 0 Å². The summed E-state index contributed by atoms with van der Waals surface area (Å²) in [7, 11) is 0. The van der Waals surface area contributed by atoms with Crippen LogP contribution in [0.1, 0.15) is 29.0 Å². The highest BCUT2D eigenvalue weighted by Gasteiger charge is 2.10. The molecule has 5 nitrogen and oxygen atoms in total. The highest BCUT2D eigenvalue weighted by Crippen LogP contribution is 2.22. The Morgan fingerprint density at radius 3 is 2.74 bits per heavy atom. The zero-order valence-electron chi connectivity index (χ0n) is 10.5. The van der Waals surface area contributed by atoms with Crippen molar-refractivity contribution >= 4 is 17.3 Å². The average molecular weight is 257 g/mol. The SMILES string of the molecule is CC(Nc1ccc(C(=O)O)c(N)c1)c1ccccn1. The van der Waals surface area contributed by atoms with Gasteiger partial charge in [-0.05, 0) is 37.3 Å². The van der Waals surface area contributed by atoms with Crippen molar-refractivity contribution in [1.82, 2.24) is 4.98 Å². The summed E-state index contributed by atoms with van der Waals surface area (Å²) in [5, 5.41) is 12.1. The molecule has 0 radical (unpaired) electrons. The van der Waals surface area contributed by atoms with Crippen molar-refractivity contribution in [2.24, 2.45) is 0 Å². The molecule has 0 aliphatic rings. The van der Waals surface area contributed by atoms with Crippen LogP contribution in [0.25, 0.3) is 0 Å². The number of pyridine rings is 1. The lowest BCUT2D eigenvalue weighted by Crippen LogP contribution is -2.09. The summed E-state index contributed by atoms with van der Waals surface area (Å²) >= 11 is 0. The molecule has 0 saturated heterocycles. The first-order valence-electron chi connectivity index (χ1n) is 5.88. The zero-order valence-corrected chi connectivity index (χ0v) is 10.5. The molecule has 1 aromatic heterocycles. The monoisotopic (exact) mass is 257 g/mol. The molecule has 1 heterocycles. The minimum absolute atomic E-state index is 0.0104. The average Bonchev–Trinajstić information content (AvgIpc) is 2.39. The maximum absolute atomic E-state index is 10.9. The third-order valence-corrected chi connectivity index (χ3v) is 2.80. The van der Waals surface area contributed by atoms with E-state index >= 15 is 0 Å². The number of hydrogen-bond acceptors (Lipinski definition) is 4. The number of hydrogen-bond donors (Lipinski definition) is 3. The van der Waals surface area contributed by atoms with Gasteiger partial charge in [0, 0.05) is 17.6 Å². The fourth-order valence-corrected chi connectivity index (χ4v) is 1.80. The number of nitrogens with one attached hydrogen (secondary N) is 1. The Balaban J connectivity index is 2.16. The van der Waals surface area contributed by atoms with E-state index in [2.05, 4.69) is 10.3 Å². The number of carbonyl (C=O) groups is 1. The second kappa shape index (κ2) is 5.39. The molecule has 1 atom stereocenters. The first-order chi connectivity index (χ1) is 9.08. The molecule has 0 fully saturated rings.